The number of carbonyl (C=O) groups is 1. The second kappa shape index (κ2) is 7.69. The molecule has 0 saturated carbocycles. The van der Waals surface area contributed by atoms with Crippen LogP contribution in [0.4, 0.5) is 5.69 Å². The van der Waals surface area contributed by atoms with Crippen LogP contribution >= 0.6 is 11.6 Å². The van der Waals surface area contributed by atoms with Crippen LogP contribution in [-0.4, -0.2) is 24.3 Å². The van der Waals surface area contributed by atoms with E-state index < -0.39 is 25.7 Å². The predicted octanol–water partition coefficient (Wildman–Crippen LogP) is 3.64. The molecule has 0 aliphatic heterocycles. The van der Waals surface area contributed by atoms with Crippen LogP contribution in [0.5, 0.6) is 0 Å². The standard InChI is InChI=1S/C14H18ClNO5S/c1-3-4-5-6-7-22(20,21)13-8-10(2)11(14(15)17)9-12(13)16(18)19/h8-9H,3-7H2,1-2H3. The maximum Gasteiger partial charge on any atom is 0.288 e. The van der Waals surface area contributed by atoms with Gasteiger partial charge in [-0.2, -0.15) is 0 Å². The lowest BCUT2D eigenvalue weighted by Crippen LogP contribution is -2.11. The Balaban J connectivity index is 3.25. The molecule has 1 aromatic carbocycles. The van der Waals surface area contributed by atoms with Crippen LogP contribution in [0.25, 0.3) is 0 Å². The summed E-state index contributed by atoms with van der Waals surface area (Å²) in [5.74, 6) is -0.151. The highest BCUT2D eigenvalue weighted by atomic mass is 35.5. The number of nitrogens with zero attached hydrogens (tertiary/aromatic N) is 1. The predicted molar refractivity (Wildman–Crippen MR) is 84.2 cm³/mol. The van der Waals surface area contributed by atoms with Crippen molar-refractivity contribution in [3.8, 4) is 0 Å². The molecule has 6 nitrogen and oxygen atoms in total. The zero-order valence-corrected chi connectivity index (χ0v) is 14.0. The van der Waals surface area contributed by atoms with E-state index in [1.54, 1.807) is 0 Å². The van der Waals surface area contributed by atoms with E-state index in [4.69, 9.17) is 11.6 Å². The maximum atomic E-state index is 12.3. The van der Waals surface area contributed by atoms with Gasteiger partial charge < -0.3 is 0 Å². The number of aryl methyl sites for hydroxylation is 1. The van der Waals surface area contributed by atoms with Crippen LogP contribution < -0.4 is 0 Å². The monoisotopic (exact) mass is 347 g/mol. The Labute approximate surface area is 134 Å². The molecule has 0 aliphatic carbocycles. The number of nitro groups is 1. The highest BCUT2D eigenvalue weighted by Crippen LogP contribution is 2.29. The van der Waals surface area contributed by atoms with Crippen LogP contribution in [0.1, 0.15) is 48.5 Å². The van der Waals surface area contributed by atoms with Gasteiger partial charge in [0.1, 0.15) is 4.90 Å². The van der Waals surface area contributed by atoms with E-state index >= 15 is 0 Å². The van der Waals surface area contributed by atoms with E-state index in [1.165, 1.54) is 6.92 Å². The van der Waals surface area contributed by atoms with Crippen LogP contribution in [-0.2, 0) is 9.84 Å². The number of unbranched alkanes of at least 4 members (excludes halogenated alkanes) is 3. The fourth-order valence-corrected chi connectivity index (χ4v) is 3.92. The molecule has 0 unspecified atom stereocenters. The number of nitro benzene ring substituents is 1. The SMILES string of the molecule is CCCCCCS(=O)(=O)c1cc(C)c(C(=O)Cl)cc1[N+](=O)[O-]. The Morgan fingerprint density at radius 2 is 1.91 bits per heavy atom. The fourth-order valence-electron chi connectivity index (χ4n) is 2.10. The second-order valence-electron chi connectivity index (χ2n) is 5.05. The Morgan fingerprint density at radius 1 is 1.27 bits per heavy atom. The van der Waals surface area contributed by atoms with Crippen molar-refractivity contribution < 1.29 is 18.1 Å². The molecule has 0 aromatic heterocycles. The molecule has 0 spiro atoms. The van der Waals surface area contributed by atoms with Crippen LogP contribution in [0.2, 0.25) is 0 Å². The van der Waals surface area contributed by atoms with Gasteiger partial charge >= 0.3 is 0 Å². The van der Waals surface area contributed by atoms with Gasteiger partial charge in [-0.15, -0.1) is 0 Å². The molecular formula is C14H18ClNO5S. The van der Waals surface area contributed by atoms with Gasteiger partial charge in [0.15, 0.2) is 9.84 Å². The van der Waals surface area contributed by atoms with E-state index in [1.807, 2.05) is 6.92 Å². The molecule has 1 aromatic rings. The molecule has 0 saturated heterocycles. The van der Waals surface area contributed by atoms with Crippen molar-refractivity contribution in [2.75, 3.05) is 5.75 Å². The zero-order chi connectivity index (χ0) is 16.9. The summed E-state index contributed by atoms with van der Waals surface area (Å²) in [4.78, 5) is 21.2. The van der Waals surface area contributed by atoms with Crippen molar-refractivity contribution in [1.29, 1.82) is 0 Å². The topological polar surface area (TPSA) is 94.3 Å². The molecule has 0 bridgehead atoms. The van der Waals surface area contributed by atoms with Gasteiger partial charge in [0.25, 0.3) is 10.9 Å². The molecule has 0 fully saturated rings. The molecule has 122 valence electrons. The average Bonchev–Trinajstić information content (AvgIpc) is 2.42. The van der Waals surface area contributed by atoms with Crippen LogP contribution in [0.15, 0.2) is 17.0 Å². The van der Waals surface area contributed by atoms with Gasteiger partial charge in [-0.1, -0.05) is 26.2 Å². The van der Waals surface area contributed by atoms with Crippen molar-refractivity contribution in [2.45, 2.75) is 44.4 Å². The first-order valence-electron chi connectivity index (χ1n) is 6.92. The van der Waals surface area contributed by atoms with E-state index in [-0.39, 0.29) is 16.2 Å². The maximum absolute atomic E-state index is 12.3. The summed E-state index contributed by atoms with van der Waals surface area (Å²) in [5, 5.41) is 10.3. The third kappa shape index (κ3) is 4.51. The fraction of sp³-hybridized carbons (Fsp3) is 0.500. The third-order valence-electron chi connectivity index (χ3n) is 3.32. The molecule has 0 atom stereocenters. The lowest BCUT2D eigenvalue weighted by atomic mass is 10.1. The van der Waals surface area contributed by atoms with Gasteiger partial charge in [0.2, 0.25) is 0 Å². The van der Waals surface area contributed by atoms with Gasteiger partial charge in [-0.05, 0) is 36.6 Å². The lowest BCUT2D eigenvalue weighted by Gasteiger charge is -2.08. The number of carbonyl (C=O) groups excluding carboxylic acids is 1. The molecule has 0 radical (unpaired) electrons. The highest BCUT2D eigenvalue weighted by Gasteiger charge is 2.28. The summed E-state index contributed by atoms with van der Waals surface area (Å²) >= 11 is 5.36. The largest absolute Gasteiger partial charge is 0.288 e. The Hall–Kier alpha value is -1.47. The summed E-state index contributed by atoms with van der Waals surface area (Å²) in [5.41, 5.74) is -0.360. The number of halogens is 1. The summed E-state index contributed by atoms with van der Waals surface area (Å²) in [6, 6.07) is 2.09. The van der Waals surface area contributed by atoms with E-state index in [0.29, 0.717) is 12.0 Å². The quantitative estimate of drug-likeness (QED) is 0.309. The average molecular weight is 348 g/mol. The van der Waals surface area contributed by atoms with Crippen molar-refractivity contribution in [1.82, 2.24) is 0 Å². The Kier molecular flexibility index (Phi) is 6.49. The number of hydrogen-bond donors (Lipinski definition) is 0. The minimum atomic E-state index is -3.78. The minimum absolute atomic E-state index is 0.0571. The van der Waals surface area contributed by atoms with Gasteiger partial charge in [-0.3, -0.25) is 14.9 Å². The second-order valence-corrected chi connectivity index (χ2v) is 7.47. The molecule has 22 heavy (non-hydrogen) atoms. The molecule has 0 aliphatic rings. The molecule has 0 heterocycles. The summed E-state index contributed by atoms with van der Waals surface area (Å²) in [6.07, 6.45) is 3.07. The number of rotatable bonds is 8. The summed E-state index contributed by atoms with van der Waals surface area (Å²) in [6.45, 7) is 3.50. The smallest absolute Gasteiger partial charge is 0.276 e. The summed E-state index contributed by atoms with van der Waals surface area (Å²) < 4.78 is 24.7. The lowest BCUT2D eigenvalue weighted by molar-refractivity contribution is -0.387. The van der Waals surface area contributed by atoms with E-state index in [9.17, 15) is 23.3 Å². The van der Waals surface area contributed by atoms with Crippen molar-refractivity contribution in [3.05, 3.63) is 33.4 Å². The normalized spacial score (nSPS) is 11.4. The molecule has 1 rings (SSSR count). The first kappa shape index (κ1) is 18.6. The zero-order valence-electron chi connectivity index (χ0n) is 12.5. The third-order valence-corrected chi connectivity index (χ3v) is 5.34. The minimum Gasteiger partial charge on any atom is -0.276 e. The van der Waals surface area contributed by atoms with Crippen LogP contribution in [0.3, 0.4) is 0 Å². The highest BCUT2D eigenvalue weighted by molar-refractivity contribution is 7.91. The number of sulfone groups is 1. The van der Waals surface area contributed by atoms with Crippen molar-refractivity contribution in [2.24, 2.45) is 0 Å². The van der Waals surface area contributed by atoms with Crippen molar-refractivity contribution >= 4 is 32.4 Å². The van der Waals surface area contributed by atoms with Gasteiger partial charge in [0.05, 0.1) is 10.7 Å². The first-order chi connectivity index (χ1) is 10.2. The Morgan fingerprint density at radius 3 is 2.41 bits per heavy atom. The summed E-state index contributed by atoms with van der Waals surface area (Å²) in [7, 11) is -3.78. The molecule has 0 N–H and O–H groups in total. The molecular weight excluding hydrogens is 330 g/mol. The van der Waals surface area contributed by atoms with Gasteiger partial charge in [-0.25, -0.2) is 8.42 Å². The van der Waals surface area contributed by atoms with Crippen molar-refractivity contribution in [3.63, 3.8) is 0 Å². The van der Waals surface area contributed by atoms with Crippen LogP contribution in [0, 0.1) is 17.0 Å². The number of benzene rings is 1. The first-order valence-corrected chi connectivity index (χ1v) is 8.95. The van der Waals surface area contributed by atoms with E-state index in [0.717, 1.165) is 31.4 Å². The van der Waals surface area contributed by atoms with E-state index in [2.05, 4.69) is 0 Å². The number of hydrogen-bond acceptors (Lipinski definition) is 5. The molecule has 0 amide bonds. The van der Waals surface area contributed by atoms with Gasteiger partial charge in [0, 0.05) is 11.6 Å². The molecule has 8 heteroatoms. The Bertz CT molecular complexity index is 685.